The lowest BCUT2D eigenvalue weighted by Gasteiger charge is -2.33. The molecule has 3 N–H and O–H groups in total. The van der Waals surface area contributed by atoms with Gasteiger partial charge in [0.1, 0.15) is 41.5 Å². The number of halogens is 4. The Labute approximate surface area is 401 Å². The molecule has 2 saturated heterocycles. The number of anilines is 4. The molecule has 2 aliphatic rings. The van der Waals surface area contributed by atoms with Gasteiger partial charge in [-0.1, -0.05) is 31.9 Å². The number of fused-ring (bicyclic) bond motifs is 2. The summed E-state index contributed by atoms with van der Waals surface area (Å²) < 4.78 is 103. The molecule has 0 radical (unpaired) electrons. The number of hydrogen-bond acceptors (Lipinski definition) is 13. The number of nitrogens with zero attached hydrogens (tertiary/aromatic N) is 5. The molecule has 4 aromatic carbocycles. The van der Waals surface area contributed by atoms with Crippen molar-refractivity contribution < 1.29 is 45.5 Å². The van der Waals surface area contributed by atoms with Gasteiger partial charge in [-0.2, -0.15) is 0 Å². The molecular formula is C47H52Br2F2N8O6. The molecule has 0 spiro atoms. The number of ether oxygens (including phenoxy) is 5. The van der Waals surface area contributed by atoms with Crippen molar-refractivity contribution in [1.82, 2.24) is 30.2 Å². The van der Waals surface area contributed by atoms with Crippen LogP contribution in [-0.4, -0.2) is 90.0 Å². The summed E-state index contributed by atoms with van der Waals surface area (Å²) >= 11 is 6.46. The van der Waals surface area contributed by atoms with Crippen LogP contribution in [0.4, 0.5) is 36.6 Å². The van der Waals surface area contributed by atoms with E-state index < -0.39 is 31.3 Å². The molecule has 0 saturated carbocycles. The molecule has 0 aliphatic carbocycles. The zero-order chi connectivity index (χ0) is 51.1. The summed E-state index contributed by atoms with van der Waals surface area (Å²) in [5.74, 6) is 0.704. The van der Waals surface area contributed by atoms with E-state index in [9.17, 15) is 13.6 Å². The second-order valence-electron chi connectivity index (χ2n) is 16.5. The first-order valence-electron chi connectivity index (χ1n) is 23.9. The van der Waals surface area contributed by atoms with E-state index in [-0.39, 0.29) is 46.5 Å². The molecule has 8 rings (SSSR count). The van der Waals surface area contributed by atoms with Crippen molar-refractivity contribution >= 4 is 82.8 Å². The number of aromatic nitrogens is 4. The monoisotopic (exact) mass is 1030 g/mol. The molecule has 6 aromatic rings. The van der Waals surface area contributed by atoms with Crippen LogP contribution in [0.1, 0.15) is 54.7 Å². The van der Waals surface area contributed by atoms with E-state index in [0.717, 1.165) is 25.9 Å². The lowest BCUT2D eigenvalue weighted by molar-refractivity contribution is 0.0164. The molecule has 18 heteroatoms. The predicted molar refractivity (Wildman–Crippen MR) is 254 cm³/mol. The number of carbonyl (C=O) groups excluding carboxylic acids is 1. The third-order valence-corrected chi connectivity index (χ3v) is 11.7. The second kappa shape index (κ2) is 21.6. The number of piperidine rings is 2. The number of carbonyl (C=O) groups is 1. The molecule has 2 aliphatic heterocycles. The van der Waals surface area contributed by atoms with Gasteiger partial charge in [0.25, 0.3) is 0 Å². The Hall–Kier alpha value is -5.59. The Morgan fingerprint density at radius 1 is 0.723 bits per heavy atom. The molecule has 2 fully saturated rings. The van der Waals surface area contributed by atoms with E-state index in [1.165, 1.54) is 36.9 Å². The zero-order valence-corrected chi connectivity index (χ0v) is 39.0. The summed E-state index contributed by atoms with van der Waals surface area (Å²) in [6.45, 7) is 9.17. The smallest absolute Gasteiger partial charge is 0.410 e. The largest absolute Gasteiger partial charge is 0.493 e. The second-order valence-corrected chi connectivity index (χ2v) is 18.3. The van der Waals surface area contributed by atoms with Crippen LogP contribution >= 0.6 is 31.9 Å². The highest BCUT2D eigenvalue weighted by Crippen LogP contribution is 2.38. The third kappa shape index (κ3) is 12.6. The van der Waals surface area contributed by atoms with E-state index in [1.807, 2.05) is 20.8 Å². The van der Waals surface area contributed by atoms with Crippen LogP contribution in [0.25, 0.3) is 21.8 Å². The van der Waals surface area contributed by atoms with Gasteiger partial charge < -0.3 is 44.5 Å². The van der Waals surface area contributed by atoms with E-state index in [2.05, 4.69) is 67.7 Å². The van der Waals surface area contributed by atoms with Gasteiger partial charge >= 0.3 is 6.09 Å². The highest BCUT2D eigenvalue weighted by Gasteiger charge is 2.28. The van der Waals surface area contributed by atoms with E-state index in [1.54, 1.807) is 41.3 Å². The Morgan fingerprint density at radius 2 is 1.20 bits per heavy atom. The number of benzene rings is 4. The number of methoxy groups -OCH3 is 2. The third-order valence-electron chi connectivity index (χ3n) is 10.7. The molecule has 4 heterocycles. The summed E-state index contributed by atoms with van der Waals surface area (Å²) in [5, 5.41) is 10.1. The number of nitrogens with one attached hydrogen (secondary N) is 3. The highest BCUT2D eigenvalue weighted by atomic mass is 79.9. The number of hydrogen-bond donors (Lipinski definition) is 3. The Bertz CT molecular complexity index is 2830. The minimum absolute atomic E-state index is 0.0113. The fourth-order valence-corrected chi connectivity index (χ4v) is 7.89. The van der Waals surface area contributed by atoms with Gasteiger partial charge in [0, 0.05) is 44.9 Å². The van der Waals surface area contributed by atoms with Crippen LogP contribution in [0, 0.1) is 23.5 Å². The summed E-state index contributed by atoms with van der Waals surface area (Å²) in [6.07, 6.45) is 5.71. The molecule has 344 valence electrons. The first kappa shape index (κ1) is 39.7. The predicted octanol–water partition coefficient (Wildman–Crippen LogP) is 11.0. The maximum absolute atomic E-state index is 14.4. The molecule has 14 nitrogen and oxygen atoms in total. The van der Waals surface area contributed by atoms with E-state index >= 15 is 0 Å². The minimum atomic E-state index is -2.73. The molecule has 1 amide bonds. The van der Waals surface area contributed by atoms with Gasteiger partial charge in [0.15, 0.2) is 23.0 Å². The van der Waals surface area contributed by atoms with E-state index in [4.69, 9.17) is 31.9 Å². The zero-order valence-electron chi connectivity index (χ0n) is 41.9. The summed E-state index contributed by atoms with van der Waals surface area (Å²) in [4.78, 5) is 31.0. The van der Waals surface area contributed by atoms with Crippen molar-refractivity contribution in [3.63, 3.8) is 0 Å². The number of rotatable bonds is 12. The van der Waals surface area contributed by atoms with Gasteiger partial charge in [0.2, 0.25) is 0 Å². The van der Waals surface area contributed by atoms with Crippen molar-refractivity contribution in [3.8, 4) is 23.0 Å². The normalized spacial score (nSPS) is 16.4. The molecule has 0 atom stereocenters. The van der Waals surface area contributed by atoms with Gasteiger partial charge in [0.05, 0.1) is 57.9 Å². The molecular weight excluding hydrogens is 970 g/mol. The van der Waals surface area contributed by atoms with Crippen molar-refractivity contribution in [1.29, 1.82) is 0 Å². The quantitative estimate of drug-likeness (QED) is 0.107. The first-order chi connectivity index (χ1) is 33.6. The number of amides is 1. The topological polar surface area (TPSA) is 154 Å². The minimum Gasteiger partial charge on any atom is -0.493 e. The summed E-state index contributed by atoms with van der Waals surface area (Å²) in [5.41, 5.74) is 0.820. The van der Waals surface area contributed by atoms with Gasteiger partial charge in [-0.25, -0.2) is 33.5 Å². The summed E-state index contributed by atoms with van der Waals surface area (Å²) in [6, 6.07) is 15.4. The van der Waals surface area contributed by atoms with Gasteiger partial charge in [-0.05, 0) is 120 Å². The average Bonchev–Trinajstić information content (AvgIpc) is 3.29. The Balaban J connectivity index is 0.000000213. The molecule has 0 bridgehead atoms. The highest BCUT2D eigenvalue weighted by molar-refractivity contribution is 9.10. The number of likely N-dealkylation sites (tertiary alicyclic amines) is 1. The fourth-order valence-electron chi connectivity index (χ4n) is 7.22. The Morgan fingerprint density at radius 3 is 1.65 bits per heavy atom. The maximum atomic E-state index is 14.4. The van der Waals surface area contributed by atoms with E-state index in [0.29, 0.717) is 87.4 Å². The lowest BCUT2D eigenvalue weighted by atomic mass is 9.98. The van der Waals surface area contributed by atoms with Crippen LogP contribution in [0.15, 0.2) is 82.3 Å². The standard InChI is InChI=1S/C26H30BrFN4O4.C21H22BrFN4O2/c1-26(2,3)36-25(33)32-9-7-16(8-10-32)14-35-23-13-21-18(12-22(23)34-4)24(30-15-29-21)31-20-6-5-17(27)11-19(20)28;1-28-19-9-15-18(10-20(19)29-11-13-4-6-24-7-5-13)25-12-26-21(15)27-17-3-2-14(22)8-16(17)23/h5-6,11-13,15-16H,7-10,14H2,1-4H3,(H,29,30,31);2-3,8-10,12-13,24H,4-7,11H2,1H3,(H,25,26,27)/i4D3;1D3. The molecule has 2 aromatic heterocycles. The Kier molecular flexibility index (Phi) is 13.2. The van der Waals surface area contributed by atoms with Crippen molar-refractivity contribution in [3.05, 3.63) is 93.9 Å². The van der Waals surface area contributed by atoms with Crippen LogP contribution in [0.3, 0.4) is 0 Å². The fraction of sp³-hybridized carbons (Fsp3) is 0.383. The van der Waals surface area contributed by atoms with Crippen molar-refractivity contribution in [2.45, 2.75) is 52.1 Å². The van der Waals surface area contributed by atoms with Gasteiger partial charge in [-0.15, -0.1) is 0 Å². The summed E-state index contributed by atoms with van der Waals surface area (Å²) in [7, 11) is -5.40. The first-order valence-corrected chi connectivity index (χ1v) is 22.5. The van der Waals surface area contributed by atoms with Crippen molar-refractivity contribution in [2.24, 2.45) is 11.8 Å². The average molecular weight is 1030 g/mol. The maximum Gasteiger partial charge on any atom is 0.410 e. The SMILES string of the molecule is [2H]C([2H])([2H])Oc1cc2c(Nc3ccc(Br)cc3F)ncnc2cc1OCC1CCN(C(=O)OC(C)(C)C)CC1.[2H]C([2H])([2H])Oc1cc2c(Nc3ccc(Br)cc3F)ncnc2cc1OCC1CCNCC1. The molecule has 0 unspecified atom stereocenters. The van der Waals surface area contributed by atoms with Gasteiger partial charge in [-0.3, -0.25) is 0 Å². The molecule has 65 heavy (non-hydrogen) atoms. The lowest BCUT2D eigenvalue weighted by Crippen LogP contribution is -2.42. The van der Waals surface area contributed by atoms with Crippen LogP contribution in [-0.2, 0) is 4.74 Å². The van der Waals surface area contributed by atoms with Crippen molar-refractivity contribution in [2.75, 3.05) is 64.1 Å². The van der Waals surface area contributed by atoms with Crippen LogP contribution in [0.5, 0.6) is 23.0 Å². The van der Waals surface area contributed by atoms with Crippen LogP contribution in [0.2, 0.25) is 0 Å². The van der Waals surface area contributed by atoms with Crippen LogP contribution < -0.4 is 34.9 Å².